The third-order valence-corrected chi connectivity index (χ3v) is 5.57. The molecule has 0 aliphatic rings. The van der Waals surface area contributed by atoms with Gasteiger partial charge in [0.25, 0.3) is 0 Å². The number of nitrogens with one attached hydrogen (secondary N) is 1. The molecular formula is C18H13ClF3N3O2S2. The van der Waals surface area contributed by atoms with E-state index in [1.165, 1.54) is 24.5 Å². The fourth-order valence-corrected chi connectivity index (χ4v) is 3.86. The molecule has 0 saturated heterocycles. The van der Waals surface area contributed by atoms with Crippen LogP contribution in [0.15, 0.2) is 46.9 Å². The van der Waals surface area contributed by atoms with E-state index in [4.69, 9.17) is 16.3 Å². The number of rotatable bonds is 6. The van der Waals surface area contributed by atoms with Crippen LogP contribution in [0.3, 0.4) is 0 Å². The van der Waals surface area contributed by atoms with E-state index in [2.05, 4.69) is 15.3 Å². The molecule has 0 spiro atoms. The number of carbonyl (C=O) groups is 1. The lowest BCUT2D eigenvalue weighted by Gasteiger charge is -2.10. The van der Waals surface area contributed by atoms with Crippen molar-refractivity contribution in [1.29, 1.82) is 0 Å². The highest BCUT2D eigenvalue weighted by Gasteiger charge is 2.34. The summed E-state index contributed by atoms with van der Waals surface area (Å²) >= 11 is 8.08. The van der Waals surface area contributed by atoms with E-state index >= 15 is 0 Å². The summed E-state index contributed by atoms with van der Waals surface area (Å²) in [6, 6.07) is 8.99. The predicted octanol–water partition coefficient (Wildman–Crippen LogP) is 5.62. The van der Waals surface area contributed by atoms with E-state index < -0.39 is 17.8 Å². The highest BCUT2D eigenvalue weighted by Crippen LogP contribution is 2.33. The molecule has 5 nitrogen and oxygen atoms in total. The van der Waals surface area contributed by atoms with Crippen LogP contribution in [0.2, 0.25) is 5.02 Å². The second-order valence-corrected chi connectivity index (χ2v) is 7.88. The molecule has 0 unspecified atom stereocenters. The SMILES string of the molecule is COc1ccc(NC(=O)CSc2nc(-c3cccs3)cc(C(F)(F)F)n2)cc1Cl. The largest absolute Gasteiger partial charge is 0.495 e. The summed E-state index contributed by atoms with van der Waals surface area (Å²) in [5.74, 6) is -0.151. The number of carbonyl (C=O) groups excluding carboxylic acids is 1. The number of thioether (sulfide) groups is 1. The zero-order valence-corrected chi connectivity index (χ0v) is 17.2. The van der Waals surface area contributed by atoms with Crippen LogP contribution in [0.25, 0.3) is 10.6 Å². The Bertz CT molecular complexity index is 1010. The number of alkyl halides is 3. The molecule has 0 radical (unpaired) electrons. The maximum atomic E-state index is 13.2. The topological polar surface area (TPSA) is 64.1 Å². The summed E-state index contributed by atoms with van der Waals surface area (Å²) in [5.41, 5.74) is -0.460. The van der Waals surface area contributed by atoms with Gasteiger partial charge in [0, 0.05) is 5.69 Å². The van der Waals surface area contributed by atoms with Crippen molar-refractivity contribution in [2.24, 2.45) is 0 Å². The first-order valence-corrected chi connectivity index (χ1v) is 10.3. The number of hydrogen-bond acceptors (Lipinski definition) is 6. The van der Waals surface area contributed by atoms with Crippen molar-refractivity contribution in [3.8, 4) is 16.3 Å². The van der Waals surface area contributed by atoms with E-state index in [0.29, 0.717) is 21.3 Å². The quantitative estimate of drug-likeness (QED) is 0.383. The average Bonchev–Trinajstić information content (AvgIpc) is 3.20. The first-order valence-electron chi connectivity index (χ1n) is 8.02. The normalized spacial score (nSPS) is 11.3. The van der Waals surface area contributed by atoms with Gasteiger partial charge in [-0.1, -0.05) is 29.4 Å². The summed E-state index contributed by atoms with van der Waals surface area (Å²) in [6.07, 6.45) is -4.62. The molecule has 3 aromatic rings. The maximum Gasteiger partial charge on any atom is 0.433 e. The van der Waals surface area contributed by atoms with Crippen LogP contribution in [-0.4, -0.2) is 28.7 Å². The molecule has 0 saturated carbocycles. The van der Waals surface area contributed by atoms with Crippen LogP contribution in [0.4, 0.5) is 18.9 Å². The summed E-state index contributed by atoms with van der Waals surface area (Å²) in [5, 5.41) is 4.54. The molecular weight excluding hydrogens is 447 g/mol. The van der Waals surface area contributed by atoms with Gasteiger partial charge in [0.15, 0.2) is 5.16 Å². The zero-order chi connectivity index (χ0) is 21.0. The second-order valence-electron chi connectivity index (χ2n) is 5.58. The molecule has 11 heteroatoms. The number of anilines is 1. The van der Waals surface area contributed by atoms with Gasteiger partial charge < -0.3 is 10.1 Å². The van der Waals surface area contributed by atoms with Crippen LogP contribution in [0.5, 0.6) is 5.75 Å². The number of amides is 1. The number of ether oxygens (including phenoxy) is 1. The predicted molar refractivity (Wildman–Crippen MR) is 108 cm³/mol. The zero-order valence-electron chi connectivity index (χ0n) is 14.8. The molecule has 2 aromatic heterocycles. The molecule has 2 heterocycles. The van der Waals surface area contributed by atoms with Crippen LogP contribution in [-0.2, 0) is 11.0 Å². The molecule has 1 amide bonds. The molecule has 1 aromatic carbocycles. The molecule has 3 rings (SSSR count). The van der Waals surface area contributed by atoms with Gasteiger partial charge >= 0.3 is 6.18 Å². The highest BCUT2D eigenvalue weighted by molar-refractivity contribution is 7.99. The average molecular weight is 460 g/mol. The smallest absolute Gasteiger partial charge is 0.433 e. The number of hydrogen-bond donors (Lipinski definition) is 1. The van der Waals surface area contributed by atoms with Crippen LogP contribution in [0, 0.1) is 0 Å². The lowest BCUT2D eigenvalue weighted by atomic mass is 10.3. The Kier molecular flexibility index (Phi) is 6.66. The standard InChI is InChI=1S/C18H13ClF3N3O2S2/c1-27-13-5-4-10(7-11(13)19)23-16(26)9-29-17-24-12(14-3-2-6-28-14)8-15(25-17)18(20,21)22/h2-8H,9H2,1H3,(H,23,26). The first kappa shape index (κ1) is 21.4. The number of nitrogens with zero attached hydrogens (tertiary/aromatic N) is 2. The third kappa shape index (κ3) is 5.62. The Balaban J connectivity index is 1.73. The van der Waals surface area contributed by atoms with Gasteiger partial charge in [0.2, 0.25) is 5.91 Å². The number of thiophene rings is 1. The molecule has 29 heavy (non-hydrogen) atoms. The van der Waals surface area contributed by atoms with Gasteiger partial charge in [-0.25, -0.2) is 9.97 Å². The van der Waals surface area contributed by atoms with Crippen molar-refractivity contribution in [2.75, 3.05) is 18.2 Å². The van der Waals surface area contributed by atoms with Crippen LogP contribution in [0.1, 0.15) is 5.69 Å². The van der Waals surface area contributed by atoms with Gasteiger partial charge in [0.05, 0.1) is 28.5 Å². The molecule has 152 valence electrons. The van der Waals surface area contributed by atoms with Crippen molar-refractivity contribution >= 4 is 46.3 Å². The number of benzene rings is 1. The fourth-order valence-electron chi connectivity index (χ4n) is 2.26. The van der Waals surface area contributed by atoms with Gasteiger partial charge in [-0.15, -0.1) is 11.3 Å². The summed E-state index contributed by atoms with van der Waals surface area (Å²) in [7, 11) is 1.47. The molecule has 0 aliphatic heterocycles. The molecule has 0 atom stereocenters. The monoisotopic (exact) mass is 459 g/mol. The summed E-state index contributed by atoms with van der Waals surface area (Å²) < 4.78 is 44.6. The van der Waals surface area contributed by atoms with Gasteiger partial charge in [0.1, 0.15) is 11.4 Å². The molecule has 1 N–H and O–H groups in total. The van der Waals surface area contributed by atoms with Crippen molar-refractivity contribution in [2.45, 2.75) is 11.3 Å². The minimum absolute atomic E-state index is 0.133. The van der Waals surface area contributed by atoms with E-state index in [1.54, 1.807) is 29.6 Å². The van der Waals surface area contributed by atoms with Crippen molar-refractivity contribution in [3.05, 3.63) is 52.5 Å². The minimum Gasteiger partial charge on any atom is -0.495 e. The van der Waals surface area contributed by atoms with E-state index in [-0.39, 0.29) is 16.6 Å². The molecule has 0 bridgehead atoms. The molecule has 0 fully saturated rings. The maximum absolute atomic E-state index is 13.2. The van der Waals surface area contributed by atoms with E-state index in [0.717, 1.165) is 17.8 Å². The number of halogens is 4. The first-order chi connectivity index (χ1) is 13.8. The van der Waals surface area contributed by atoms with Gasteiger partial charge in [-0.3, -0.25) is 4.79 Å². The Morgan fingerprint density at radius 3 is 2.69 bits per heavy atom. The van der Waals surface area contributed by atoms with Crippen molar-refractivity contribution in [3.63, 3.8) is 0 Å². The highest BCUT2D eigenvalue weighted by atomic mass is 35.5. The van der Waals surface area contributed by atoms with Gasteiger partial charge in [-0.2, -0.15) is 13.2 Å². The Morgan fingerprint density at radius 2 is 2.07 bits per heavy atom. The van der Waals surface area contributed by atoms with Crippen LogP contribution >= 0.6 is 34.7 Å². The molecule has 0 aliphatic carbocycles. The van der Waals surface area contributed by atoms with Crippen molar-refractivity contribution < 1.29 is 22.7 Å². The van der Waals surface area contributed by atoms with Crippen molar-refractivity contribution in [1.82, 2.24) is 9.97 Å². The summed E-state index contributed by atoms with van der Waals surface area (Å²) in [6.45, 7) is 0. The van der Waals surface area contributed by atoms with E-state index in [1.807, 2.05) is 0 Å². The Hall–Kier alpha value is -2.30. The summed E-state index contributed by atoms with van der Waals surface area (Å²) in [4.78, 5) is 20.4. The Morgan fingerprint density at radius 1 is 1.28 bits per heavy atom. The number of methoxy groups -OCH3 is 1. The van der Waals surface area contributed by atoms with E-state index in [9.17, 15) is 18.0 Å². The minimum atomic E-state index is -4.62. The fraction of sp³-hybridized carbons (Fsp3) is 0.167. The lowest BCUT2D eigenvalue weighted by Crippen LogP contribution is -2.15. The third-order valence-electron chi connectivity index (χ3n) is 3.54. The van der Waals surface area contributed by atoms with Crippen LogP contribution < -0.4 is 10.1 Å². The van der Waals surface area contributed by atoms with Gasteiger partial charge in [-0.05, 0) is 35.7 Å². The number of aromatic nitrogens is 2. The second kappa shape index (κ2) is 9.02. The lowest BCUT2D eigenvalue weighted by molar-refractivity contribution is -0.141. The Labute approximate surface area is 177 Å².